The van der Waals surface area contributed by atoms with E-state index in [0.717, 1.165) is 23.7 Å². The Kier molecular flexibility index (Phi) is 5.28. The smallest absolute Gasteiger partial charge is 0.0345 e. The zero-order chi connectivity index (χ0) is 12.8. The van der Waals surface area contributed by atoms with E-state index in [4.69, 9.17) is 0 Å². The topological polar surface area (TPSA) is 0 Å². The fraction of sp³-hybridized carbons (Fsp3) is 0.667. The van der Waals surface area contributed by atoms with Crippen LogP contribution in [-0.4, -0.2) is 0 Å². The van der Waals surface area contributed by atoms with Crippen molar-refractivity contribution in [3.8, 4) is 0 Å². The van der Waals surface area contributed by atoms with Gasteiger partial charge in [-0.1, -0.05) is 49.8 Å². The van der Waals surface area contributed by atoms with Crippen molar-refractivity contribution in [1.82, 2.24) is 0 Å². The molecule has 0 aromatic heterocycles. The minimum absolute atomic E-state index is 1.04. The third kappa shape index (κ3) is 3.16. The van der Waals surface area contributed by atoms with Crippen molar-refractivity contribution in [2.24, 2.45) is 23.7 Å². The number of hydrogen-bond acceptors (Lipinski definition) is 0. The summed E-state index contributed by atoms with van der Waals surface area (Å²) in [6, 6.07) is 0. The largest absolute Gasteiger partial charge is 0.0877 e. The number of allylic oxidation sites excluding steroid dienone is 6. The molecule has 2 aliphatic carbocycles. The van der Waals surface area contributed by atoms with Crippen molar-refractivity contribution in [3.05, 3.63) is 36.5 Å². The van der Waals surface area contributed by atoms with Crippen molar-refractivity contribution >= 4 is 0 Å². The summed E-state index contributed by atoms with van der Waals surface area (Å²) in [5, 5.41) is 0. The lowest BCUT2D eigenvalue weighted by atomic mass is 9.76. The molecule has 0 heteroatoms. The molecule has 2 rings (SSSR count). The fourth-order valence-corrected chi connectivity index (χ4v) is 4.32. The van der Waals surface area contributed by atoms with Crippen LogP contribution in [-0.2, 0) is 0 Å². The molecule has 2 saturated carbocycles. The maximum atomic E-state index is 2.40. The first-order chi connectivity index (χ1) is 8.86. The van der Waals surface area contributed by atoms with Crippen LogP contribution < -0.4 is 0 Å². The van der Waals surface area contributed by atoms with Crippen molar-refractivity contribution < 1.29 is 0 Å². The van der Waals surface area contributed by atoms with Gasteiger partial charge in [-0.2, -0.15) is 0 Å². The standard InChI is InChI=1S/C18H28/c1-3-5-6-7-8-9-10-11-18-16-13-12-15(14-16)17(18)4-2/h3,5-9,15-18H,4,10-14H2,1-2H3/b5-3-,7-6-,9-8+. The molecule has 0 nitrogen and oxygen atoms in total. The molecule has 0 aromatic rings. The van der Waals surface area contributed by atoms with E-state index in [1.54, 1.807) is 6.42 Å². The first-order valence-electron chi connectivity index (χ1n) is 7.81. The second-order valence-electron chi connectivity index (χ2n) is 5.99. The van der Waals surface area contributed by atoms with Gasteiger partial charge in [0.25, 0.3) is 0 Å². The summed E-state index contributed by atoms with van der Waals surface area (Å²) in [5.74, 6) is 4.25. The number of hydrogen-bond donors (Lipinski definition) is 0. The van der Waals surface area contributed by atoms with E-state index in [-0.39, 0.29) is 0 Å². The average molecular weight is 244 g/mol. The zero-order valence-electron chi connectivity index (χ0n) is 12.0. The Morgan fingerprint density at radius 1 is 0.944 bits per heavy atom. The van der Waals surface area contributed by atoms with E-state index in [1.807, 2.05) is 6.92 Å². The number of fused-ring (bicyclic) bond motifs is 2. The molecule has 2 bridgehead atoms. The predicted molar refractivity (Wildman–Crippen MR) is 80.4 cm³/mol. The zero-order valence-corrected chi connectivity index (χ0v) is 12.0. The van der Waals surface area contributed by atoms with Crippen LogP contribution in [0.1, 0.15) is 52.4 Å². The predicted octanol–water partition coefficient (Wildman–Crippen LogP) is 5.53. The highest BCUT2D eigenvalue weighted by Gasteiger charge is 2.45. The molecule has 18 heavy (non-hydrogen) atoms. The van der Waals surface area contributed by atoms with Gasteiger partial charge in [-0.15, -0.1) is 0 Å². The minimum Gasteiger partial charge on any atom is -0.0877 e. The Balaban J connectivity index is 1.73. The first kappa shape index (κ1) is 13.6. The van der Waals surface area contributed by atoms with Crippen LogP contribution in [0.5, 0.6) is 0 Å². The summed E-state index contributed by atoms with van der Waals surface area (Å²) >= 11 is 0. The van der Waals surface area contributed by atoms with E-state index in [2.05, 4.69) is 43.4 Å². The normalized spacial score (nSPS) is 35.7. The lowest BCUT2D eigenvalue weighted by molar-refractivity contribution is 0.204. The van der Waals surface area contributed by atoms with Crippen LogP contribution >= 0.6 is 0 Å². The van der Waals surface area contributed by atoms with Crippen LogP contribution in [0.4, 0.5) is 0 Å². The summed E-state index contributed by atoms with van der Waals surface area (Å²) in [6.07, 6.45) is 21.6. The van der Waals surface area contributed by atoms with Gasteiger partial charge in [0.15, 0.2) is 0 Å². The monoisotopic (exact) mass is 244 g/mol. The van der Waals surface area contributed by atoms with Crippen molar-refractivity contribution in [2.45, 2.75) is 52.4 Å². The Bertz CT molecular complexity index is 321. The van der Waals surface area contributed by atoms with E-state index >= 15 is 0 Å². The van der Waals surface area contributed by atoms with Gasteiger partial charge in [-0.3, -0.25) is 0 Å². The van der Waals surface area contributed by atoms with Crippen LogP contribution in [0.3, 0.4) is 0 Å². The molecule has 2 fully saturated rings. The highest BCUT2D eigenvalue weighted by atomic mass is 14.5. The molecule has 0 radical (unpaired) electrons. The summed E-state index contributed by atoms with van der Waals surface area (Å²) in [6.45, 7) is 4.45. The van der Waals surface area contributed by atoms with E-state index < -0.39 is 0 Å². The SMILES string of the molecule is C\C=C/C=C\C=C\CCC1C2CCC(C2)C1CC. The van der Waals surface area contributed by atoms with Gasteiger partial charge in [0.1, 0.15) is 0 Å². The highest BCUT2D eigenvalue weighted by Crippen LogP contribution is 2.54. The molecular formula is C18H28. The Morgan fingerprint density at radius 2 is 1.67 bits per heavy atom. The second kappa shape index (κ2) is 6.97. The molecule has 0 N–H and O–H groups in total. The van der Waals surface area contributed by atoms with Gasteiger partial charge >= 0.3 is 0 Å². The van der Waals surface area contributed by atoms with Gasteiger partial charge in [-0.25, -0.2) is 0 Å². The summed E-state index contributed by atoms with van der Waals surface area (Å²) in [7, 11) is 0. The summed E-state index contributed by atoms with van der Waals surface area (Å²) in [5.41, 5.74) is 0. The number of rotatable bonds is 6. The molecule has 0 heterocycles. The molecular weight excluding hydrogens is 216 g/mol. The van der Waals surface area contributed by atoms with Gasteiger partial charge < -0.3 is 0 Å². The molecule has 4 atom stereocenters. The highest BCUT2D eigenvalue weighted by molar-refractivity contribution is 5.10. The molecule has 0 aliphatic heterocycles. The van der Waals surface area contributed by atoms with E-state index in [0.29, 0.717) is 0 Å². The van der Waals surface area contributed by atoms with Crippen LogP contribution in [0.25, 0.3) is 0 Å². The second-order valence-corrected chi connectivity index (χ2v) is 5.99. The maximum absolute atomic E-state index is 2.40. The first-order valence-corrected chi connectivity index (χ1v) is 7.81. The van der Waals surface area contributed by atoms with Crippen LogP contribution in [0.2, 0.25) is 0 Å². The molecule has 100 valence electrons. The maximum Gasteiger partial charge on any atom is -0.0345 e. The van der Waals surface area contributed by atoms with Gasteiger partial charge in [0.05, 0.1) is 0 Å². The minimum atomic E-state index is 1.04. The van der Waals surface area contributed by atoms with Gasteiger partial charge in [0, 0.05) is 0 Å². The Morgan fingerprint density at radius 3 is 2.39 bits per heavy atom. The molecule has 0 aromatic carbocycles. The molecule has 2 aliphatic rings. The molecule has 4 unspecified atom stereocenters. The average Bonchev–Trinajstić information content (AvgIpc) is 2.98. The summed E-state index contributed by atoms with van der Waals surface area (Å²) in [4.78, 5) is 0. The lowest BCUT2D eigenvalue weighted by Crippen LogP contribution is -2.21. The van der Waals surface area contributed by atoms with E-state index in [9.17, 15) is 0 Å². The summed E-state index contributed by atoms with van der Waals surface area (Å²) < 4.78 is 0. The van der Waals surface area contributed by atoms with Crippen molar-refractivity contribution in [3.63, 3.8) is 0 Å². The quantitative estimate of drug-likeness (QED) is 0.539. The fourth-order valence-electron chi connectivity index (χ4n) is 4.32. The van der Waals surface area contributed by atoms with Crippen molar-refractivity contribution in [1.29, 1.82) is 0 Å². The van der Waals surface area contributed by atoms with Gasteiger partial charge in [0.2, 0.25) is 0 Å². The van der Waals surface area contributed by atoms with Crippen molar-refractivity contribution in [2.75, 3.05) is 0 Å². The van der Waals surface area contributed by atoms with E-state index in [1.165, 1.54) is 32.1 Å². The Hall–Kier alpha value is -0.780. The molecule has 0 saturated heterocycles. The third-order valence-corrected chi connectivity index (χ3v) is 5.07. The third-order valence-electron chi connectivity index (χ3n) is 5.07. The van der Waals surface area contributed by atoms with Crippen LogP contribution in [0, 0.1) is 23.7 Å². The molecule has 0 amide bonds. The molecule has 0 spiro atoms. The van der Waals surface area contributed by atoms with Gasteiger partial charge in [-0.05, 0) is 62.7 Å². The van der Waals surface area contributed by atoms with Crippen LogP contribution in [0.15, 0.2) is 36.5 Å². The lowest BCUT2D eigenvalue weighted by Gasteiger charge is -2.30. The Labute approximate surface area is 113 Å².